The predicted octanol–water partition coefficient (Wildman–Crippen LogP) is 3.10. The van der Waals surface area contributed by atoms with Crippen molar-refractivity contribution in [2.75, 3.05) is 11.4 Å². The van der Waals surface area contributed by atoms with Crippen molar-refractivity contribution in [3.05, 3.63) is 58.1 Å². The number of para-hydroxylation sites is 2. The Morgan fingerprint density at radius 3 is 2.86 bits per heavy atom. The molecule has 3 heterocycles. The van der Waals surface area contributed by atoms with Gasteiger partial charge in [-0.25, -0.2) is 9.18 Å². The van der Waals surface area contributed by atoms with E-state index in [-0.39, 0.29) is 28.2 Å². The predicted molar refractivity (Wildman–Crippen MR) is 128 cm³/mol. The fourth-order valence-corrected chi connectivity index (χ4v) is 4.87. The molecule has 4 N–H and O–H groups in total. The van der Waals surface area contributed by atoms with Gasteiger partial charge in [0.05, 0.1) is 17.1 Å². The van der Waals surface area contributed by atoms with E-state index in [2.05, 4.69) is 5.32 Å². The fourth-order valence-electron chi connectivity index (χ4n) is 4.87. The summed E-state index contributed by atoms with van der Waals surface area (Å²) in [5, 5.41) is 12.4. The summed E-state index contributed by atoms with van der Waals surface area (Å²) in [6, 6.07) is 7.30. The van der Waals surface area contributed by atoms with Crippen LogP contribution >= 0.6 is 0 Å². The number of carboxylic acid groups (broad SMARTS) is 1. The van der Waals surface area contributed by atoms with Crippen molar-refractivity contribution in [1.82, 2.24) is 9.88 Å². The molecule has 0 spiro atoms. The highest BCUT2D eigenvalue weighted by Gasteiger charge is 2.35. The number of benzene rings is 2. The number of hydrogen-bond acceptors (Lipinski definition) is 6. The highest BCUT2D eigenvalue weighted by atomic mass is 19.1. The average molecular weight is 480 g/mol. The molecular weight excluding hydrogens is 455 g/mol. The van der Waals surface area contributed by atoms with Crippen LogP contribution in [0.5, 0.6) is 11.5 Å². The number of carbonyl (C=O) groups is 2. The Hall–Kier alpha value is -3.92. The van der Waals surface area contributed by atoms with Crippen molar-refractivity contribution in [3.63, 3.8) is 0 Å². The minimum atomic E-state index is -1.40. The van der Waals surface area contributed by atoms with E-state index < -0.39 is 35.0 Å². The molecule has 182 valence electrons. The Labute approximate surface area is 199 Å². The number of aromatic nitrogens is 1. The van der Waals surface area contributed by atoms with Gasteiger partial charge >= 0.3 is 5.97 Å². The summed E-state index contributed by atoms with van der Waals surface area (Å²) in [6.07, 6.45) is 3.32. The number of nitrogens with one attached hydrogen (secondary N) is 1. The first kappa shape index (κ1) is 22.9. The van der Waals surface area contributed by atoms with E-state index in [1.807, 2.05) is 6.92 Å². The van der Waals surface area contributed by atoms with Crippen LogP contribution in [-0.4, -0.2) is 40.3 Å². The van der Waals surface area contributed by atoms with E-state index in [1.54, 1.807) is 33.7 Å². The van der Waals surface area contributed by atoms with E-state index in [9.17, 15) is 19.5 Å². The number of nitrogens with two attached hydrogens (primary N) is 1. The summed E-state index contributed by atoms with van der Waals surface area (Å²) in [4.78, 5) is 39.0. The number of pyridine rings is 1. The lowest BCUT2D eigenvalue weighted by molar-refractivity contribution is -0.123. The number of aromatic carboxylic acids is 1. The zero-order valence-electron chi connectivity index (χ0n) is 19.1. The van der Waals surface area contributed by atoms with Crippen LogP contribution in [0.25, 0.3) is 16.6 Å². The molecule has 2 aliphatic heterocycles. The summed E-state index contributed by atoms with van der Waals surface area (Å²) in [5.74, 6) is -1.96. The quantitative estimate of drug-likeness (QED) is 0.387. The van der Waals surface area contributed by atoms with Crippen molar-refractivity contribution < 1.29 is 23.8 Å². The number of ether oxygens (including phenoxy) is 1. The Bertz CT molecular complexity index is 1420. The van der Waals surface area contributed by atoms with E-state index in [1.165, 1.54) is 6.20 Å². The first-order chi connectivity index (χ1) is 16.8. The largest absolute Gasteiger partial charge is 0.477 e. The summed E-state index contributed by atoms with van der Waals surface area (Å²) >= 11 is 0. The van der Waals surface area contributed by atoms with Gasteiger partial charge < -0.3 is 30.4 Å². The lowest BCUT2D eigenvalue weighted by Crippen LogP contribution is -2.50. The molecule has 2 aromatic carbocycles. The summed E-state index contributed by atoms with van der Waals surface area (Å²) < 4.78 is 23.4. The van der Waals surface area contributed by atoms with Crippen molar-refractivity contribution in [3.8, 4) is 17.2 Å². The second-order valence-electron chi connectivity index (χ2n) is 8.80. The van der Waals surface area contributed by atoms with Gasteiger partial charge in [0.15, 0.2) is 17.3 Å². The molecular formula is C25H25FN4O5. The second-order valence-corrected chi connectivity index (χ2v) is 8.80. The zero-order valence-corrected chi connectivity index (χ0v) is 19.1. The number of anilines is 1. The van der Waals surface area contributed by atoms with Crippen LogP contribution in [0.4, 0.5) is 10.1 Å². The van der Waals surface area contributed by atoms with Crippen LogP contribution in [0.1, 0.15) is 43.0 Å². The number of carbonyl (C=O) groups excluding carboxylic acids is 1. The normalized spacial score (nSPS) is 17.1. The van der Waals surface area contributed by atoms with Crippen molar-refractivity contribution in [2.24, 2.45) is 5.73 Å². The van der Waals surface area contributed by atoms with Gasteiger partial charge in [-0.05, 0) is 37.5 Å². The minimum Gasteiger partial charge on any atom is -0.477 e. The molecule has 5 rings (SSSR count). The zero-order chi connectivity index (χ0) is 24.9. The van der Waals surface area contributed by atoms with E-state index >= 15 is 4.39 Å². The minimum absolute atomic E-state index is 0.0968. The molecule has 0 saturated carbocycles. The van der Waals surface area contributed by atoms with Gasteiger partial charge in [-0.1, -0.05) is 25.5 Å². The molecule has 1 saturated heterocycles. The molecule has 35 heavy (non-hydrogen) atoms. The van der Waals surface area contributed by atoms with Crippen LogP contribution in [0.15, 0.2) is 41.3 Å². The SMILES string of the molecule is CCC[C@@H](N)C(=O)N[C@@H]1CCCN1c1c(F)cc2c(=O)c(C(=O)O)cn3c2c1Oc1ccccc1-3. The number of amides is 1. The first-order valence-corrected chi connectivity index (χ1v) is 11.6. The highest BCUT2D eigenvalue weighted by molar-refractivity contribution is 5.99. The molecule has 0 bridgehead atoms. The maximum atomic E-state index is 15.7. The van der Waals surface area contributed by atoms with Gasteiger partial charge in [0.25, 0.3) is 0 Å². The van der Waals surface area contributed by atoms with E-state index in [0.717, 1.165) is 12.5 Å². The lowest BCUT2D eigenvalue weighted by atomic mass is 10.1. The van der Waals surface area contributed by atoms with Gasteiger partial charge in [0, 0.05) is 12.7 Å². The standard InChI is InChI=1S/C25H25FN4O5/c1-2-6-16(27)24(32)28-19-9-5-10-29(19)21-15(26)11-13-20-23(21)35-18-8-4-3-7-17(18)30(20)12-14(22(13)31)25(33)34/h3-4,7-8,11-12,16,19H,2,5-6,9-10,27H2,1H3,(H,28,32)(H,33,34)/t16-,19+/m1/s1. The van der Waals surface area contributed by atoms with Gasteiger partial charge in [-0.2, -0.15) is 0 Å². The molecule has 2 atom stereocenters. The van der Waals surface area contributed by atoms with Crippen molar-refractivity contribution in [1.29, 1.82) is 0 Å². The smallest absolute Gasteiger partial charge is 0.341 e. The number of rotatable bonds is 6. The molecule has 1 amide bonds. The van der Waals surface area contributed by atoms with Crippen molar-refractivity contribution >= 4 is 28.5 Å². The molecule has 9 nitrogen and oxygen atoms in total. The van der Waals surface area contributed by atoms with Gasteiger partial charge in [-0.15, -0.1) is 0 Å². The molecule has 1 aromatic heterocycles. The van der Waals surface area contributed by atoms with Crippen LogP contribution in [0.3, 0.4) is 0 Å². The monoisotopic (exact) mass is 480 g/mol. The van der Waals surface area contributed by atoms with E-state index in [0.29, 0.717) is 37.2 Å². The summed E-state index contributed by atoms with van der Waals surface area (Å²) in [6.45, 7) is 2.39. The topological polar surface area (TPSA) is 127 Å². The average Bonchev–Trinajstić information content (AvgIpc) is 3.27. The first-order valence-electron chi connectivity index (χ1n) is 11.6. The van der Waals surface area contributed by atoms with Crippen LogP contribution in [0, 0.1) is 5.82 Å². The third-order valence-electron chi connectivity index (χ3n) is 6.52. The number of halogens is 1. The number of hydrogen-bond donors (Lipinski definition) is 3. The number of carboxylic acids is 1. The molecule has 3 aromatic rings. The Morgan fingerprint density at radius 2 is 2.11 bits per heavy atom. The number of nitrogens with zero attached hydrogens (tertiary/aromatic N) is 2. The van der Waals surface area contributed by atoms with Crippen LogP contribution < -0.4 is 26.1 Å². The molecule has 0 aliphatic carbocycles. The third-order valence-corrected chi connectivity index (χ3v) is 6.52. The Balaban J connectivity index is 1.70. The van der Waals surface area contributed by atoms with Gasteiger partial charge in [0.2, 0.25) is 11.3 Å². The highest BCUT2D eigenvalue weighted by Crippen LogP contribution is 2.47. The lowest BCUT2D eigenvalue weighted by Gasteiger charge is -2.32. The van der Waals surface area contributed by atoms with Gasteiger partial charge in [0.1, 0.15) is 22.9 Å². The van der Waals surface area contributed by atoms with Gasteiger partial charge in [-0.3, -0.25) is 9.59 Å². The second kappa shape index (κ2) is 8.70. The van der Waals surface area contributed by atoms with Crippen molar-refractivity contribution in [2.45, 2.75) is 44.8 Å². The molecule has 0 unspecified atom stereocenters. The molecule has 2 aliphatic rings. The maximum Gasteiger partial charge on any atom is 0.341 e. The summed E-state index contributed by atoms with van der Waals surface area (Å²) in [5.41, 5.74) is 5.62. The molecule has 1 fully saturated rings. The Morgan fingerprint density at radius 1 is 1.34 bits per heavy atom. The summed E-state index contributed by atoms with van der Waals surface area (Å²) in [7, 11) is 0. The molecule has 0 radical (unpaired) electrons. The fraction of sp³-hybridized carbons (Fsp3) is 0.320. The van der Waals surface area contributed by atoms with E-state index in [4.69, 9.17) is 10.5 Å². The molecule has 10 heteroatoms. The third kappa shape index (κ3) is 3.70. The van der Waals surface area contributed by atoms with Crippen LogP contribution in [-0.2, 0) is 4.79 Å². The van der Waals surface area contributed by atoms with Crippen LogP contribution in [0.2, 0.25) is 0 Å². The maximum absolute atomic E-state index is 15.7. The number of fused-ring (bicyclic) bond motifs is 2. The Kier molecular flexibility index (Phi) is 5.68.